The molecule has 37 heavy (non-hydrogen) atoms. The fourth-order valence-electron chi connectivity index (χ4n) is 5.10. The van der Waals surface area contributed by atoms with Crippen LogP contribution >= 0.6 is 0 Å². The normalized spacial score (nSPS) is 26.9. The molecule has 0 spiro atoms. The van der Waals surface area contributed by atoms with Crippen LogP contribution in [0, 0.1) is 11.8 Å². The SMILES string of the molecule is C/C=C(/C)C(=O)O[C@@H]1c2cc3c(c4c2[C@](C(=O)C(=O)OC)(CO4)/C(=C\C(=O)OC)C[C@@H](C)[C@H]1C)OCO3. The van der Waals surface area contributed by atoms with Crippen molar-refractivity contribution in [1.29, 1.82) is 0 Å². The second-order valence-electron chi connectivity index (χ2n) is 9.45. The number of hydrogen-bond acceptors (Lipinski definition) is 10. The van der Waals surface area contributed by atoms with Crippen molar-refractivity contribution in [3.05, 3.63) is 40.5 Å². The first-order valence-corrected chi connectivity index (χ1v) is 12.0. The van der Waals surface area contributed by atoms with Crippen molar-refractivity contribution < 1.29 is 47.6 Å². The second kappa shape index (κ2) is 9.91. The lowest BCUT2D eigenvalue weighted by Gasteiger charge is -2.39. The van der Waals surface area contributed by atoms with Gasteiger partial charge in [-0.2, -0.15) is 0 Å². The number of esters is 3. The number of fused-ring (bicyclic) bond motifs is 2. The van der Waals surface area contributed by atoms with Gasteiger partial charge in [-0.15, -0.1) is 0 Å². The molecule has 0 aromatic heterocycles. The predicted octanol–water partition coefficient (Wildman–Crippen LogP) is 3.11. The molecule has 0 fully saturated rings. The molecule has 10 heteroatoms. The molecule has 198 valence electrons. The van der Waals surface area contributed by atoms with E-state index >= 15 is 0 Å². The number of Topliss-reactive ketones (excluding diaryl/α,β-unsaturated/α-hetero) is 1. The van der Waals surface area contributed by atoms with Crippen molar-refractivity contribution >= 4 is 23.7 Å². The Balaban J connectivity index is 2.08. The zero-order chi connectivity index (χ0) is 27.1. The van der Waals surface area contributed by atoms with Crippen molar-refractivity contribution in [2.45, 2.75) is 45.6 Å². The molecule has 3 aliphatic rings. The number of methoxy groups -OCH3 is 2. The van der Waals surface area contributed by atoms with E-state index in [4.69, 9.17) is 28.4 Å². The predicted molar refractivity (Wildman–Crippen MR) is 128 cm³/mol. The minimum Gasteiger partial charge on any atom is -0.487 e. The Morgan fingerprint density at radius 1 is 1.03 bits per heavy atom. The number of hydrogen-bond donors (Lipinski definition) is 0. The van der Waals surface area contributed by atoms with Gasteiger partial charge in [0.25, 0.3) is 5.78 Å². The maximum Gasteiger partial charge on any atom is 0.375 e. The van der Waals surface area contributed by atoms with Crippen LogP contribution in [0.1, 0.15) is 51.3 Å². The molecule has 0 amide bonds. The number of rotatable bonds is 5. The monoisotopic (exact) mass is 514 g/mol. The van der Waals surface area contributed by atoms with Crippen LogP contribution in [0.3, 0.4) is 0 Å². The molecule has 0 saturated carbocycles. The molecule has 0 radical (unpaired) electrons. The first kappa shape index (κ1) is 26.2. The largest absolute Gasteiger partial charge is 0.487 e. The third-order valence-corrected chi connectivity index (χ3v) is 7.52. The van der Waals surface area contributed by atoms with Crippen LogP contribution in [0.25, 0.3) is 0 Å². The number of allylic oxidation sites excluding steroid dienone is 1. The molecule has 1 aliphatic carbocycles. The van der Waals surface area contributed by atoms with E-state index in [1.54, 1.807) is 26.0 Å². The third-order valence-electron chi connectivity index (χ3n) is 7.52. The van der Waals surface area contributed by atoms with Crippen molar-refractivity contribution in [1.82, 2.24) is 0 Å². The maximum atomic E-state index is 13.9. The molecule has 1 aromatic rings. The van der Waals surface area contributed by atoms with E-state index in [1.165, 1.54) is 13.2 Å². The zero-order valence-corrected chi connectivity index (χ0v) is 21.7. The lowest BCUT2D eigenvalue weighted by Crippen LogP contribution is -2.47. The Morgan fingerprint density at radius 2 is 1.76 bits per heavy atom. The summed E-state index contributed by atoms with van der Waals surface area (Å²) in [6.45, 7) is 6.86. The molecule has 0 saturated heterocycles. The topological polar surface area (TPSA) is 124 Å². The van der Waals surface area contributed by atoms with Crippen LogP contribution in [0.2, 0.25) is 0 Å². The van der Waals surface area contributed by atoms with Crippen molar-refractivity contribution in [2.75, 3.05) is 27.6 Å². The van der Waals surface area contributed by atoms with Crippen LogP contribution < -0.4 is 14.2 Å². The molecule has 2 heterocycles. The number of ketones is 1. The molecule has 0 unspecified atom stereocenters. The van der Waals surface area contributed by atoms with Gasteiger partial charge in [-0.3, -0.25) is 4.79 Å². The molecule has 4 rings (SSSR count). The quantitative estimate of drug-likeness (QED) is 0.251. The zero-order valence-electron chi connectivity index (χ0n) is 21.7. The second-order valence-corrected chi connectivity index (χ2v) is 9.45. The Hall–Kier alpha value is -3.82. The summed E-state index contributed by atoms with van der Waals surface area (Å²) in [5, 5.41) is 0. The van der Waals surface area contributed by atoms with Crippen molar-refractivity contribution in [2.24, 2.45) is 11.8 Å². The van der Waals surface area contributed by atoms with Gasteiger partial charge in [0.2, 0.25) is 12.5 Å². The van der Waals surface area contributed by atoms with Crippen LogP contribution in [0.15, 0.2) is 29.4 Å². The highest BCUT2D eigenvalue weighted by Gasteiger charge is 2.58. The molecular weight excluding hydrogens is 484 g/mol. The number of carbonyl (C=O) groups excluding carboxylic acids is 4. The summed E-state index contributed by atoms with van der Waals surface area (Å²) >= 11 is 0. The first-order valence-electron chi connectivity index (χ1n) is 12.0. The van der Waals surface area contributed by atoms with Gasteiger partial charge in [0.15, 0.2) is 11.5 Å². The Morgan fingerprint density at radius 3 is 2.41 bits per heavy atom. The van der Waals surface area contributed by atoms with E-state index in [0.29, 0.717) is 22.5 Å². The Bertz CT molecular complexity index is 1230. The van der Waals surface area contributed by atoms with Gasteiger partial charge in [0.05, 0.1) is 14.2 Å². The minimum atomic E-state index is -1.73. The highest BCUT2D eigenvalue weighted by molar-refractivity contribution is 6.38. The molecule has 0 bridgehead atoms. The van der Waals surface area contributed by atoms with E-state index < -0.39 is 35.2 Å². The Labute approximate surface area is 214 Å². The molecule has 0 N–H and O–H groups in total. The van der Waals surface area contributed by atoms with Crippen LogP contribution in [-0.2, 0) is 38.8 Å². The minimum absolute atomic E-state index is 0.0779. The smallest absolute Gasteiger partial charge is 0.375 e. The molecule has 10 nitrogen and oxygen atoms in total. The third kappa shape index (κ3) is 4.14. The summed E-state index contributed by atoms with van der Waals surface area (Å²) in [4.78, 5) is 52.0. The summed E-state index contributed by atoms with van der Waals surface area (Å²) in [6, 6.07) is 1.66. The summed E-state index contributed by atoms with van der Waals surface area (Å²) in [5.41, 5.74) is -0.263. The lowest BCUT2D eigenvalue weighted by molar-refractivity contribution is -0.154. The summed E-state index contributed by atoms with van der Waals surface area (Å²) < 4.78 is 33.1. The fourth-order valence-corrected chi connectivity index (χ4v) is 5.10. The van der Waals surface area contributed by atoms with Crippen LogP contribution in [-0.4, -0.2) is 51.3 Å². The van der Waals surface area contributed by atoms with E-state index in [1.807, 2.05) is 13.8 Å². The molecule has 1 aromatic carbocycles. The van der Waals surface area contributed by atoms with E-state index in [9.17, 15) is 19.2 Å². The van der Waals surface area contributed by atoms with E-state index in [0.717, 1.165) is 7.11 Å². The number of ether oxygens (including phenoxy) is 6. The molecule has 2 aliphatic heterocycles. The fraction of sp³-hybridized carbons (Fsp3) is 0.481. The van der Waals surface area contributed by atoms with Crippen molar-refractivity contribution in [3.63, 3.8) is 0 Å². The highest BCUT2D eigenvalue weighted by Crippen LogP contribution is 2.59. The van der Waals surface area contributed by atoms with E-state index in [2.05, 4.69) is 0 Å². The Kier molecular flexibility index (Phi) is 7.03. The first-order chi connectivity index (χ1) is 17.6. The van der Waals surface area contributed by atoms with Crippen LogP contribution in [0.5, 0.6) is 17.2 Å². The van der Waals surface area contributed by atoms with Gasteiger partial charge >= 0.3 is 17.9 Å². The van der Waals surface area contributed by atoms with Crippen molar-refractivity contribution in [3.8, 4) is 17.2 Å². The summed E-state index contributed by atoms with van der Waals surface area (Å²) in [5.74, 6) is -2.87. The summed E-state index contributed by atoms with van der Waals surface area (Å²) in [6.07, 6.45) is 2.26. The van der Waals surface area contributed by atoms with E-state index in [-0.39, 0.29) is 48.7 Å². The summed E-state index contributed by atoms with van der Waals surface area (Å²) in [7, 11) is 2.33. The van der Waals surface area contributed by atoms with Gasteiger partial charge in [0.1, 0.15) is 18.1 Å². The van der Waals surface area contributed by atoms with Crippen LogP contribution in [0.4, 0.5) is 0 Å². The highest BCUT2D eigenvalue weighted by atomic mass is 16.7. The molecule has 4 atom stereocenters. The standard InChI is InChI=1S/C27H30O10/c1-7-13(2)25(30)37-21-15(4)14(3)8-16(9-19(28)32-5)27(24(29)26(31)33-6)11-34-23-20(27)17(21)10-18-22(23)36-12-35-18/h7,9-10,14-15,21H,8,11-12H2,1-6H3/b13-7-,16-9-/t14-,15-,21+,27+/m1/s1. The van der Waals surface area contributed by atoms with Gasteiger partial charge in [-0.05, 0) is 37.8 Å². The number of benzene rings is 1. The van der Waals surface area contributed by atoms with Gasteiger partial charge in [-0.25, -0.2) is 14.4 Å². The average Bonchev–Trinajstić information content (AvgIpc) is 3.53. The molecular formula is C27H30O10. The average molecular weight is 515 g/mol. The maximum absolute atomic E-state index is 13.9. The van der Waals surface area contributed by atoms with Gasteiger partial charge in [0, 0.05) is 28.7 Å². The lowest BCUT2D eigenvalue weighted by atomic mass is 9.63. The van der Waals surface area contributed by atoms with Gasteiger partial charge in [-0.1, -0.05) is 19.9 Å². The van der Waals surface area contributed by atoms with Gasteiger partial charge < -0.3 is 28.4 Å². The number of carbonyl (C=O) groups is 4.